The normalized spacial score (nSPS) is 11.6. The lowest BCUT2D eigenvalue weighted by atomic mass is 10.2. The lowest BCUT2D eigenvalue weighted by Gasteiger charge is -2.10. The predicted octanol–water partition coefficient (Wildman–Crippen LogP) is 0.136. The number of ether oxygens (including phenoxy) is 1. The van der Waals surface area contributed by atoms with Gasteiger partial charge in [-0.15, -0.1) is 0 Å². The molecule has 0 saturated heterocycles. The zero-order valence-electron chi connectivity index (χ0n) is 11.8. The van der Waals surface area contributed by atoms with Crippen LogP contribution in [0.5, 0.6) is 5.75 Å². The second kappa shape index (κ2) is 8.16. The van der Waals surface area contributed by atoms with E-state index in [1.165, 1.54) is 0 Å². The highest BCUT2D eigenvalue weighted by atomic mass is 16.5. The maximum atomic E-state index is 11.8. The predicted molar refractivity (Wildman–Crippen MR) is 76.6 cm³/mol. The third-order valence-electron chi connectivity index (χ3n) is 2.84. The maximum absolute atomic E-state index is 11.8. The molecular formula is C14H21N3O3. The fourth-order valence-electron chi connectivity index (χ4n) is 1.51. The second-order valence-corrected chi connectivity index (χ2v) is 4.42. The fourth-order valence-corrected chi connectivity index (χ4v) is 1.51. The number of hydrogen-bond acceptors (Lipinski definition) is 4. The number of carbonyl (C=O) groups excluding carboxylic acids is 2. The molecule has 0 aliphatic heterocycles. The molecule has 6 nitrogen and oxygen atoms in total. The summed E-state index contributed by atoms with van der Waals surface area (Å²) in [6, 6.07) is 6.88. The van der Waals surface area contributed by atoms with E-state index >= 15 is 0 Å². The summed E-state index contributed by atoms with van der Waals surface area (Å²) >= 11 is 0. The molecule has 0 aliphatic rings. The molecule has 0 aliphatic carbocycles. The van der Waals surface area contributed by atoms with Crippen LogP contribution in [0.2, 0.25) is 0 Å². The second-order valence-electron chi connectivity index (χ2n) is 4.42. The van der Waals surface area contributed by atoms with Crippen LogP contribution < -0.4 is 21.1 Å². The van der Waals surface area contributed by atoms with E-state index in [9.17, 15) is 9.59 Å². The largest absolute Gasteiger partial charge is 0.497 e. The van der Waals surface area contributed by atoms with Gasteiger partial charge in [0.25, 0.3) is 5.91 Å². The van der Waals surface area contributed by atoms with Gasteiger partial charge in [0.1, 0.15) is 5.75 Å². The maximum Gasteiger partial charge on any atom is 0.251 e. The van der Waals surface area contributed by atoms with Crippen molar-refractivity contribution in [3.63, 3.8) is 0 Å². The quantitative estimate of drug-likeness (QED) is 0.619. The van der Waals surface area contributed by atoms with Gasteiger partial charge >= 0.3 is 0 Å². The first-order valence-corrected chi connectivity index (χ1v) is 6.48. The third-order valence-corrected chi connectivity index (χ3v) is 2.84. The first kappa shape index (κ1) is 16.0. The van der Waals surface area contributed by atoms with Gasteiger partial charge in [0.05, 0.1) is 7.11 Å². The van der Waals surface area contributed by atoms with Crippen LogP contribution in [0.4, 0.5) is 0 Å². The van der Waals surface area contributed by atoms with Crippen LogP contribution in [0.25, 0.3) is 0 Å². The van der Waals surface area contributed by atoms with Gasteiger partial charge in [0, 0.05) is 31.1 Å². The Morgan fingerprint density at radius 2 is 2.00 bits per heavy atom. The molecule has 0 bridgehead atoms. The van der Waals surface area contributed by atoms with E-state index in [0.29, 0.717) is 30.9 Å². The molecule has 0 saturated carbocycles. The molecule has 4 N–H and O–H groups in total. The average molecular weight is 279 g/mol. The zero-order chi connectivity index (χ0) is 15.0. The Balaban J connectivity index is 2.35. The van der Waals surface area contributed by atoms with Crippen molar-refractivity contribution >= 4 is 11.8 Å². The van der Waals surface area contributed by atoms with E-state index < -0.39 is 0 Å². The van der Waals surface area contributed by atoms with Crippen LogP contribution in [0.3, 0.4) is 0 Å². The molecule has 1 aromatic rings. The molecule has 1 aromatic carbocycles. The Morgan fingerprint density at radius 3 is 2.65 bits per heavy atom. The van der Waals surface area contributed by atoms with Crippen molar-refractivity contribution in [2.45, 2.75) is 6.92 Å². The molecule has 0 heterocycles. The number of hydrogen-bond donors (Lipinski definition) is 3. The summed E-state index contributed by atoms with van der Waals surface area (Å²) in [5.41, 5.74) is 5.91. The smallest absolute Gasteiger partial charge is 0.251 e. The van der Waals surface area contributed by atoms with Gasteiger partial charge in [-0.3, -0.25) is 9.59 Å². The molecule has 0 fully saturated rings. The minimum Gasteiger partial charge on any atom is -0.497 e. The first-order chi connectivity index (χ1) is 9.58. The summed E-state index contributed by atoms with van der Waals surface area (Å²) in [5, 5.41) is 5.43. The van der Waals surface area contributed by atoms with Crippen LogP contribution >= 0.6 is 0 Å². The van der Waals surface area contributed by atoms with Gasteiger partial charge in [-0.1, -0.05) is 13.0 Å². The van der Waals surface area contributed by atoms with Crippen molar-refractivity contribution in [2.24, 2.45) is 11.7 Å². The molecule has 1 rings (SSSR count). The Bertz CT molecular complexity index is 463. The zero-order valence-corrected chi connectivity index (χ0v) is 11.8. The standard InChI is InChI=1S/C14H21N3O3/c1-10(9-15)13(18)16-6-7-17-14(19)11-4-3-5-12(8-11)20-2/h3-5,8,10H,6-7,9,15H2,1-2H3,(H,16,18)(H,17,19). The summed E-state index contributed by atoms with van der Waals surface area (Å²) < 4.78 is 5.05. The van der Waals surface area contributed by atoms with E-state index in [0.717, 1.165) is 0 Å². The molecular weight excluding hydrogens is 258 g/mol. The highest BCUT2D eigenvalue weighted by Crippen LogP contribution is 2.12. The number of benzene rings is 1. The minimum atomic E-state index is -0.218. The molecule has 110 valence electrons. The number of rotatable bonds is 7. The highest BCUT2D eigenvalue weighted by Gasteiger charge is 2.10. The molecule has 0 aromatic heterocycles. The van der Waals surface area contributed by atoms with Gasteiger partial charge in [0.2, 0.25) is 5.91 Å². The molecule has 0 spiro atoms. The number of methoxy groups -OCH3 is 1. The van der Waals surface area contributed by atoms with E-state index in [-0.39, 0.29) is 17.7 Å². The van der Waals surface area contributed by atoms with Gasteiger partial charge in [-0.2, -0.15) is 0 Å². The van der Waals surface area contributed by atoms with Crippen molar-refractivity contribution in [1.82, 2.24) is 10.6 Å². The fraction of sp³-hybridized carbons (Fsp3) is 0.429. The monoisotopic (exact) mass is 279 g/mol. The molecule has 1 unspecified atom stereocenters. The topological polar surface area (TPSA) is 93.5 Å². The van der Waals surface area contributed by atoms with Crippen molar-refractivity contribution in [1.29, 1.82) is 0 Å². The summed E-state index contributed by atoms with van der Waals surface area (Å²) in [5.74, 6) is 0.0972. The van der Waals surface area contributed by atoms with Gasteiger partial charge in [-0.05, 0) is 18.2 Å². The van der Waals surface area contributed by atoms with Crippen molar-refractivity contribution in [3.8, 4) is 5.75 Å². The van der Waals surface area contributed by atoms with E-state index in [2.05, 4.69) is 10.6 Å². The Hall–Kier alpha value is -2.08. The Kier molecular flexibility index (Phi) is 6.52. The number of nitrogens with two attached hydrogens (primary N) is 1. The Labute approximate surface area is 118 Å². The van der Waals surface area contributed by atoms with E-state index in [1.807, 2.05) is 0 Å². The lowest BCUT2D eigenvalue weighted by molar-refractivity contribution is -0.124. The van der Waals surface area contributed by atoms with E-state index in [1.54, 1.807) is 38.3 Å². The highest BCUT2D eigenvalue weighted by molar-refractivity contribution is 5.94. The van der Waals surface area contributed by atoms with Gasteiger partial charge in [-0.25, -0.2) is 0 Å². The van der Waals surface area contributed by atoms with E-state index in [4.69, 9.17) is 10.5 Å². The van der Waals surface area contributed by atoms with Crippen LogP contribution in [0, 0.1) is 5.92 Å². The summed E-state index contributed by atoms with van der Waals surface area (Å²) in [4.78, 5) is 23.3. The minimum absolute atomic E-state index is 0.108. The lowest BCUT2D eigenvalue weighted by Crippen LogP contribution is -2.38. The van der Waals surface area contributed by atoms with Crippen LogP contribution in [-0.4, -0.2) is 38.6 Å². The number of carbonyl (C=O) groups is 2. The number of amides is 2. The van der Waals surface area contributed by atoms with Crippen molar-refractivity contribution in [3.05, 3.63) is 29.8 Å². The van der Waals surface area contributed by atoms with Crippen LogP contribution in [-0.2, 0) is 4.79 Å². The summed E-state index contributed by atoms with van der Waals surface area (Å²) in [7, 11) is 1.55. The van der Waals surface area contributed by atoms with Gasteiger partial charge < -0.3 is 21.1 Å². The molecule has 1 atom stereocenters. The first-order valence-electron chi connectivity index (χ1n) is 6.48. The van der Waals surface area contributed by atoms with Crippen LogP contribution in [0.1, 0.15) is 17.3 Å². The Morgan fingerprint density at radius 1 is 1.30 bits per heavy atom. The van der Waals surface area contributed by atoms with Crippen molar-refractivity contribution < 1.29 is 14.3 Å². The average Bonchev–Trinajstić information content (AvgIpc) is 2.50. The van der Waals surface area contributed by atoms with Crippen molar-refractivity contribution in [2.75, 3.05) is 26.7 Å². The third kappa shape index (κ3) is 4.89. The summed E-state index contributed by atoms with van der Waals surface area (Å²) in [6.07, 6.45) is 0. The molecule has 2 amide bonds. The SMILES string of the molecule is COc1cccc(C(=O)NCCNC(=O)C(C)CN)c1. The molecule has 6 heteroatoms. The van der Waals surface area contributed by atoms with Gasteiger partial charge in [0.15, 0.2) is 0 Å². The molecule has 0 radical (unpaired) electrons. The van der Waals surface area contributed by atoms with Crippen LogP contribution in [0.15, 0.2) is 24.3 Å². The summed E-state index contributed by atoms with van der Waals surface area (Å²) in [6.45, 7) is 2.80. The molecule has 20 heavy (non-hydrogen) atoms. The number of nitrogens with one attached hydrogen (secondary N) is 2.